The van der Waals surface area contributed by atoms with Crippen LogP contribution in [0.2, 0.25) is 0 Å². The Balaban J connectivity index is 1.32. The zero-order valence-electron chi connectivity index (χ0n) is 19.6. The molecule has 174 valence electrons. The van der Waals surface area contributed by atoms with E-state index in [1.807, 2.05) is 40.3 Å². The first-order valence-corrected chi connectivity index (χ1v) is 12.1. The summed E-state index contributed by atoms with van der Waals surface area (Å²) in [5.41, 5.74) is 5.87. The van der Waals surface area contributed by atoms with Crippen molar-refractivity contribution < 1.29 is 9.59 Å². The van der Waals surface area contributed by atoms with E-state index in [4.69, 9.17) is 4.98 Å². The molecule has 2 aromatic carbocycles. The fraction of sp³-hybridized carbons (Fsp3) is 0.357. The van der Waals surface area contributed by atoms with Gasteiger partial charge in [0.05, 0.1) is 23.6 Å². The molecule has 1 aromatic heterocycles. The maximum atomic E-state index is 13.5. The van der Waals surface area contributed by atoms with Gasteiger partial charge >= 0.3 is 0 Å². The Morgan fingerprint density at radius 2 is 1.88 bits per heavy atom. The van der Waals surface area contributed by atoms with Gasteiger partial charge in [0.1, 0.15) is 0 Å². The SMILES string of the molecule is Cc1cccc(Cc2cncc(C3CCCN3C(=O)c3cccc(CN4CCCC4=O)c3)n2)c1. The normalized spacial score (nSPS) is 18.0. The Morgan fingerprint density at radius 1 is 1.03 bits per heavy atom. The van der Waals surface area contributed by atoms with Crippen LogP contribution in [0.5, 0.6) is 0 Å². The van der Waals surface area contributed by atoms with Crippen LogP contribution in [-0.2, 0) is 17.8 Å². The first-order valence-electron chi connectivity index (χ1n) is 12.1. The van der Waals surface area contributed by atoms with Gasteiger partial charge in [0, 0.05) is 44.2 Å². The zero-order valence-corrected chi connectivity index (χ0v) is 19.6. The number of nitrogens with zero attached hydrogens (tertiary/aromatic N) is 4. The molecule has 0 radical (unpaired) electrons. The van der Waals surface area contributed by atoms with Crippen LogP contribution < -0.4 is 0 Å². The van der Waals surface area contributed by atoms with Crippen molar-refractivity contribution in [3.63, 3.8) is 0 Å². The lowest BCUT2D eigenvalue weighted by molar-refractivity contribution is -0.128. The molecule has 2 amide bonds. The van der Waals surface area contributed by atoms with Gasteiger partial charge in [-0.1, -0.05) is 42.0 Å². The van der Waals surface area contributed by atoms with Gasteiger partial charge in [0.15, 0.2) is 0 Å². The average Bonchev–Trinajstić information content (AvgIpc) is 3.48. The number of aromatic nitrogens is 2. The van der Waals surface area contributed by atoms with E-state index in [0.717, 1.165) is 49.2 Å². The topological polar surface area (TPSA) is 66.4 Å². The molecule has 6 nitrogen and oxygen atoms in total. The molecular formula is C28H30N4O2. The summed E-state index contributed by atoms with van der Waals surface area (Å²) in [4.78, 5) is 38.7. The summed E-state index contributed by atoms with van der Waals surface area (Å²) in [6.07, 6.45) is 7.70. The summed E-state index contributed by atoms with van der Waals surface area (Å²) in [5.74, 6) is 0.212. The summed E-state index contributed by atoms with van der Waals surface area (Å²) >= 11 is 0. The minimum atomic E-state index is -0.0683. The lowest BCUT2D eigenvalue weighted by Crippen LogP contribution is -2.31. The Morgan fingerprint density at radius 3 is 2.71 bits per heavy atom. The molecule has 3 aromatic rings. The summed E-state index contributed by atoms with van der Waals surface area (Å²) in [6.45, 7) is 4.16. The van der Waals surface area contributed by atoms with Crippen LogP contribution in [0.15, 0.2) is 60.9 Å². The fourth-order valence-corrected chi connectivity index (χ4v) is 5.08. The molecule has 34 heavy (non-hydrogen) atoms. The van der Waals surface area contributed by atoms with E-state index in [-0.39, 0.29) is 17.9 Å². The van der Waals surface area contributed by atoms with E-state index in [2.05, 4.69) is 36.2 Å². The van der Waals surface area contributed by atoms with Gasteiger partial charge in [-0.05, 0) is 49.4 Å². The van der Waals surface area contributed by atoms with Gasteiger partial charge in [-0.15, -0.1) is 0 Å². The fourth-order valence-electron chi connectivity index (χ4n) is 5.08. The third kappa shape index (κ3) is 4.86. The minimum Gasteiger partial charge on any atom is -0.338 e. The first kappa shape index (κ1) is 22.3. The van der Waals surface area contributed by atoms with Gasteiger partial charge in [0.2, 0.25) is 5.91 Å². The van der Waals surface area contributed by atoms with Crippen molar-refractivity contribution in [3.05, 3.63) is 94.6 Å². The number of carbonyl (C=O) groups is 2. The Labute approximate surface area is 200 Å². The smallest absolute Gasteiger partial charge is 0.254 e. The second kappa shape index (κ2) is 9.75. The van der Waals surface area contributed by atoms with Crippen LogP contribution >= 0.6 is 0 Å². The highest BCUT2D eigenvalue weighted by atomic mass is 16.2. The Kier molecular flexibility index (Phi) is 6.39. The molecule has 5 rings (SSSR count). The predicted octanol–water partition coefficient (Wildman–Crippen LogP) is 4.48. The number of rotatable bonds is 6. The molecule has 6 heteroatoms. The highest BCUT2D eigenvalue weighted by molar-refractivity contribution is 5.94. The second-order valence-corrected chi connectivity index (χ2v) is 9.38. The molecular weight excluding hydrogens is 424 g/mol. The van der Waals surface area contributed by atoms with Crippen molar-refractivity contribution in [2.75, 3.05) is 13.1 Å². The molecule has 0 N–H and O–H groups in total. The highest BCUT2D eigenvalue weighted by Crippen LogP contribution is 2.32. The Hall–Kier alpha value is -3.54. The number of aryl methyl sites for hydroxylation is 1. The van der Waals surface area contributed by atoms with Crippen molar-refractivity contribution in [1.29, 1.82) is 0 Å². The molecule has 1 atom stereocenters. The van der Waals surface area contributed by atoms with Gasteiger partial charge in [-0.25, -0.2) is 0 Å². The molecule has 0 saturated carbocycles. The van der Waals surface area contributed by atoms with Gasteiger partial charge in [-0.2, -0.15) is 0 Å². The lowest BCUT2D eigenvalue weighted by Gasteiger charge is -2.25. The number of hydrogen-bond donors (Lipinski definition) is 0. The predicted molar refractivity (Wildman–Crippen MR) is 130 cm³/mol. The van der Waals surface area contributed by atoms with Crippen LogP contribution in [0.4, 0.5) is 0 Å². The number of carbonyl (C=O) groups excluding carboxylic acids is 2. The standard InChI is InChI=1S/C28H30N4O2/c1-20-6-2-7-21(14-20)16-24-17-29-18-25(30-24)26-10-4-13-32(26)28(34)23-9-3-8-22(15-23)19-31-12-5-11-27(31)33/h2-3,6-9,14-15,17-18,26H,4-5,10-13,16,19H2,1H3. The van der Waals surface area contributed by atoms with Crippen LogP contribution in [0.25, 0.3) is 0 Å². The maximum Gasteiger partial charge on any atom is 0.254 e. The molecule has 0 spiro atoms. The summed E-state index contributed by atoms with van der Waals surface area (Å²) in [7, 11) is 0. The van der Waals surface area contributed by atoms with Crippen LogP contribution in [-0.4, -0.2) is 44.7 Å². The average molecular weight is 455 g/mol. The number of amides is 2. The van der Waals surface area contributed by atoms with Gasteiger partial charge in [-0.3, -0.25) is 19.6 Å². The van der Waals surface area contributed by atoms with E-state index in [0.29, 0.717) is 25.1 Å². The van der Waals surface area contributed by atoms with E-state index < -0.39 is 0 Å². The summed E-state index contributed by atoms with van der Waals surface area (Å²) < 4.78 is 0. The second-order valence-electron chi connectivity index (χ2n) is 9.38. The zero-order chi connectivity index (χ0) is 23.5. The first-order chi connectivity index (χ1) is 16.6. The van der Waals surface area contributed by atoms with Crippen LogP contribution in [0.3, 0.4) is 0 Å². The van der Waals surface area contributed by atoms with Gasteiger partial charge in [0.25, 0.3) is 5.91 Å². The van der Waals surface area contributed by atoms with Crippen molar-refractivity contribution in [1.82, 2.24) is 19.8 Å². The van der Waals surface area contributed by atoms with E-state index in [1.165, 1.54) is 11.1 Å². The van der Waals surface area contributed by atoms with Crippen LogP contribution in [0.1, 0.15) is 70.2 Å². The van der Waals surface area contributed by atoms with E-state index in [9.17, 15) is 9.59 Å². The Bertz CT molecular complexity index is 1210. The van der Waals surface area contributed by atoms with Crippen molar-refractivity contribution in [3.8, 4) is 0 Å². The molecule has 2 saturated heterocycles. The summed E-state index contributed by atoms with van der Waals surface area (Å²) in [5, 5.41) is 0. The monoisotopic (exact) mass is 454 g/mol. The van der Waals surface area contributed by atoms with Crippen molar-refractivity contribution >= 4 is 11.8 Å². The van der Waals surface area contributed by atoms with E-state index in [1.54, 1.807) is 6.20 Å². The van der Waals surface area contributed by atoms with Crippen molar-refractivity contribution in [2.24, 2.45) is 0 Å². The molecule has 2 fully saturated rings. The highest BCUT2D eigenvalue weighted by Gasteiger charge is 2.32. The number of likely N-dealkylation sites (tertiary alicyclic amines) is 2. The third-order valence-corrected chi connectivity index (χ3v) is 6.74. The molecule has 3 heterocycles. The molecule has 2 aliphatic heterocycles. The van der Waals surface area contributed by atoms with Gasteiger partial charge < -0.3 is 9.80 Å². The molecule has 2 aliphatic rings. The molecule has 0 bridgehead atoms. The quantitative estimate of drug-likeness (QED) is 0.551. The summed E-state index contributed by atoms with van der Waals surface area (Å²) in [6, 6.07) is 16.1. The lowest BCUT2D eigenvalue weighted by atomic mass is 10.1. The van der Waals surface area contributed by atoms with E-state index >= 15 is 0 Å². The largest absolute Gasteiger partial charge is 0.338 e. The van der Waals surface area contributed by atoms with Crippen molar-refractivity contribution in [2.45, 2.75) is 51.6 Å². The third-order valence-electron chi connectivity index (χ3n) is 6.74. The maximum absolute atomic E-state index is 13.5. The molecule has 1 unspecified atom stereocenters. The number of benzene rings is 2. The number of hydrogen-bond acceptors (Lipinski definition) is 4. The van der Waals surface area contributed by atoms with Crippen LogP contribution in [0, 0.1) is 6.92 Å². The minimum absolute atomic E-state index is 0.0167. The molecule has 0 aliphatic carbocycles.